The number of aliphatic carboxylic acids is 1. The van der Waals surface area contributed by atoms with Gasteiger partial charge in [-0.15, -0.1) is 3.89 Å². The standard InChI is InChI=1S/C5H10FNO4S.K/c1-2-3-7(4-5(8)9)11-12(6)10;/h2-4H2,1H3,(H,8,9);/q;+1/p-1. The first-order chi connectivity index (χ1) is 5.56. The molecule has 0 aromatic carbocycles. The molecule has 0 saturated carbocycles. The number of hydroxylamine groups is 2. The van der Waals surface area contributed by atoms with E-state index in [2.05, 4.69) is 4.28 Å². The summed E-state index contributed by atoms with van der Waals surface area (Å²) in [5, 5.41) is 10.8. The van der Waals surface area contributed by atoms with Crippen molar-refractivity contribution in [3.8, 4) is 0 Å². The molecule has 0 bridgehead atoms. The first-order valence-corrected chi connectivity index (χ1v) is 4.25. The maximum Gasteiger partial charge on any atom is 1.00 e. The van der Waals surface area contributed by atoms with Crippen LogP contribution < -0.4 is 56.5 Å². The third-order valence-corrected chi connectivity index (χ3v) is 1.27. The van der Waals surface area contributed by atoms with E-state index in [1.54, 1.807) is 6.92 Å². The fraction of sp³-hybridized carbons (Fsp3) is 0.800. The molecule has 0 aliphatic rings. The molecule has 0 N–H and O–H groups in total. The smallest absolute Gasteiger partial charge is 0.549 e. The van der Waals surface area contributed by atoms with Gasteiger partial charge >= 0.3 is 62.9 Å². The van der Waals surface area contributed by atoms with E-state index in [1.165, 1.54) is 0 Å². The predicted molar refractivity (Wildman–Crippen MR) is 37.2 cm³/mol. The van der Waals surface area contributed by atoms with Crippen molar-refractivity contribution in [3.05, 3.63) is 0 Å². The molecule has 0 rings (SSSR count). The van der Waals surface area contributed by atoms with E-state index in [9.17, 15) is 18.0 Å². The molecule has 1 unspecified atom stereocenters. The van der Waals surface area contributed by atoms with Crippen LogP contribution in [0, 0.1) is 0 Å². The van der Waals surface area contributed by atoms with E-state index in [0.717, 1.165) is 5.06 Å². The van der Waals surface area contributed by atoms with Crippen molar-refractivity contribution < 1.29 is 73.7 Å². The molecule has 0 spiro atoms. The Morgan fingerprint density at radius 3 is 2.54 bits per heavy atom. The van der Waals surface area contributed by atoms with E-state index in [1.807, 2.05) is 0 Å². The first kappa shape index (κ1) is 16.5. The summed E-state index contributed by atoms with van der Waals surface area (Å²) in [6, 6.07) is 0. The summed E-state index contributed by atoms with van der Waals surface area (Å²) in [6.07, 6.45) is 0.560. The molecule has 72 valence electrons. The van der Waals surface area contributed by atoms with Crippen LogP contribution in [0.1, 0.15) is 13.3 Å². The van der Waals surface area contributed by atoms with Gasteiger partial charge in [-0.25, -0.2) is 0 Å². The van der Waals surface area contributed by atoms with Gasteiger partial charge in [0.25, 0.3) is 0 Å². The Morgan fingerprint density at radius 2 is 2.23 bits per heavy atom. The van der Waals surface area contributed by atoms with Gasteiger partial charge in [0.2, 0.25) is 0 Å². The van der Waals surface area contributed by atoms with E-state index < -0.39 is 24.0 Å². The number of hydrogen-bond donors (Lipinski definition) is 0. The molecule has 8 heteroatoms. The van der Waals surface area contributed by atoms with Gasteiger partial charge in [-0.1, -0.05) is 6.92 Å². The van der Waals surface area contributed by atoms with Crippen LogP contribution in [-0.2, 0) is 20.5 Å². The fourth-order valence-electron chi connectivity index (χ4n) is 0.619. The van der Waals surface area contributed by atoms with Gasteiger partial charge in [0.1, 0.15) is 0 Å². The van der Waals surface area contributed by atoms with Crippen molar-refractivity contribution in [2.75, 3.05) is 13.1 Å². The summed E-state index contributed by atoms with van der Waals surface area (Å²) in [7, 11) is 0. The number of hydrogen-bond acceptors (Lipinski definition) is 5. The molecule has 0 saturated heterocycles. The SMILES string of the molecule is CCCN(CC(=O)[O-])OS(=O)F.[K+]. The minimum Gasteiger partial charge on any atom is -0.549 e. The van der Waals surface area contributed by atoms with Crippen LogP contribution in [-0.4, -0.2) is 28.3 Å². The van der Waals surface area contributed by atoms with E-state index in [4.69, 9.17) is 0 Å². The molecule has 0 amide bonds. The summed E-state index contributed by atoms with van der Waals surface area (Å²) >= 11 is -2.98. The number of rotatable bonds is 6. The van der Waals surface area contributed by atoms with Gasteiger partial charge in [0.05, 0.1) is 12.5 Å². The summed E-state index contributed by atoms with van der Waals surface area (Å²) in [6.45, 7) is 1.33. The number of halogens is 1. The molecule has 0 aromatic rings. The number of nitrogens with zero attached hydrogens (tertiary/aromatic N) is 1. The van der Waals surface area contributed by atoms with E-state index in [0.29, 0.717) is 6.42 Å². The average molecular weight is 237 g/mol. The maximum absolute atomic E-state index is 11.7. The summed E-state index contributed by atoms with van der Waals surface area (Å²) in [5.41, 5.74) is 0. The Balaban J connectivity index is 0. The number of carboxylic acid groups (broad SMARTS) is 1. The van der Waals surface area contributed by atoms with Crippen molar-refractivity contribution in [1.29, 1.82) is 0 Å². The van der Waals surface area contributed by atoms with Crippen LogP contribution in [0.3, 0.4) is 0 Å². The number of carbonyl (C=O) groups excluding carboxylic acids is 1. The molecule has 0 aliphatic heterocycles. The zero-order valence-corrected chi connectivity index (χ0v) is 11.4. The van der Waals surface area contributed by atoms with Crippen molar-refractivity contribution in [2.45, 2.75) is 13.3 Å². The van der Waals surface area contributed by atoms with Crippen LogP contribution in [0.2, 0.25) is 0 Å². The normalized spacial score (nSPS) is 12.2. The van der Waals surface area contributed by atoms with Gasteiger partial charge in [-0.05, 0) is 6.42 Å². The number of carbonyl (C=O) groups is 1. The zero-order valence-electron chi connectivity index (χ0n) is 7.49. The van der Waals surface area contributed by atoms with Crippen LogP contribution in [0.5, 0.6) is 0 Å². The zero-order chi connectivity index (χ0) is 9.56. The fourth-order valence-corrected chi connectivity index (χ4v) is 0.912. The first-order valence-electron chi connectivity index (χ1n) is 3.27. The van der Waals surface area contributed by atoms with E-state index in [-0.39, 0.29) is 57.9 Å². The molecule has 0 radical (unpaired) electrons. The second kappa shape index (κ2) is 9.65. The van der Waals surface area contributed by atoms with Gasteiger partial charge in [-0.2, -0.15) is 13.6 Å². The Bertz CT molecular complexity index is 166. The van der Waals surface area contributed by atoms with Gasteiger partial charge in [0, 0.05) is 6.54 Å². The molecular weight excluding hydrogens is 228 g/mol. The van der Waals surface area contributed by atoms with Crippen LogP contribution in [0.4, 0.5) is 3.89 Å². The third kappa shape index (κ3) is 11.0. The van der Waals surface area contributed by atoms with Gasteiger partial charge in [-0.3, -0.25) is 0 Å². The second-order valence-corrected chi connectivity index (χ2v) is 2.54. The van der Waals surface area contributed by atoms with Crippen molar-refractivity contribution in [1.82, 2.24) is 5.06 Å². The minimum absolute atomic E-state index is 0. The minimum atomic E-state index is -2.98. The van der Waals surface area contributed by atoms with Gasteiger partial charge in [0.15, 0.2) is 0 Å². The Morgan fingerprint density at radius 1 is 1.69 bits per heavy atom. The molecule has 5 nitrogen and oxygen atoms in total. The van der Waals surface area contributed by atoms with Crippen molar-refractivity contribution in [2.24, 2.45) is 0 Å². The Hall–Kier alpha value is 1.11. The maximum atomic E-state index is 11.7. The third-order valence-electron chi connectivity index (χ3n) is 0.942. The van der Waals surface area contributed by atoms with Crippen LogP contribution >= 0.6 is 0 Å². The molecule has 1 atom stereocenters. The summed E-state index contributed by atoms with van der Waals surface area (Å²) in [5.74, 6) is -1.41. The molecular formula is C5H9FKNO4S. The van der Waals surface area contributed by atoms with Crippen molar-refractivity contribution >= 4 is 17.4 Å². The molecule has 0 aliphatic carbocycles. The predicted octanol–water partition coefficient (Wildman–Crippen LogP) is -4.07. The van der Waals surface area contributed by atoms with Crippen LogP contribution in [0.25, 0.3) is 0 Å². The van der Waals surface area contributed by atoms with Crippen molar-refractivity contribution in [3.63, 3.8) is 0 Å². The monoisotopic (exact) mass is 237 g/mol. The number of carboxylic acids is 1. The molecule has 0 fully saturated rings. The Labute approximate surface area is 121 Å². The van der Waals surface area contributed by atoms with Crippen LogP contribution in [0.15, 0.2) is 0 Å². The molecule has 13 heavy (non-hydrogen) atoms. The molecule has 0 heterocycles. The van der Waals surface area contributed by atoms with Gasteiger partial charge < -0.3 is 9.90 Å². The summed E-state index contributed by atoms with van der Waals surface area (Å²) in [4.78, 5) is 10.0. The topological polar surface area (TPSA) is 69.7 Å². The average Bonchev–Trinajstić information content (AvgIpc) is 1.84. The Kier molecular flexibility index (Phi) is 12.3. The quantitative estimate of drug-likeness (QED) is 0.267. The summed E-state index contributed by atoms with van der Waals surface area (Å²) < 4.78 is 25.6. The van der Waals surface area contributed by atoms with E-state index >= 15 is 0 Å². The second-order valence-electron chi connectivity index (χ2n) is 2.00. The largest absolute Gasteiger partial charge is 1.00 e. The molecule has 0 aromatic heterocycles.